The van der Waals surface area contributed by atoms with Crippen LogP contribution in [-0.4, -0.2) is 27.5 Å². The average molecular weight is 482 g/mol. The molecule has 10 heteroatoms. The minimum atomic E-state index is -0.805. The van der Waals surface area contributed by atoms with E-state index in [0.29, 0.717) is 17.2 Å². The van der Waals surface area contributed by atoms with Crippen molar-refractivity contribution in [2.75, 3.05) is 5.32 Å². The van der Waals surface area contributed by atoms with Gasteiger partial charge in [0.25, 0.3) is 11.5 Å². The molecule has 0 aliphatic heterocycles. The fourth-order valence-corrected chi connectivity index (χ4v) is 3.27. The molecule has 0 spiro atoms. The molecular formula is C24H20ClN3O6. The van der Waals surface area contributed by atoms with Gasteiger partial charge in [-0.1, -0.05) is 29.8 Å². The molecule has 1 amide bonds. The smallest absolute Gasteiger partial charge is 0.338 e. The Bertz CT molecular complexity index is 1410. The second kappa shape index (κ2) is 9.80. The number of carbonyl (C=O) groups is 2. The van der Waals surface area contributed by atoms with Crippen molar-refractivity contribution >= 4 is 34.8 Å². The number of benzene rings is 2. The number of aromatic nitrogens is 2. The molecule has 0 saturated carbocycles. The molecule has 34 heavy (non-hydrogen) atoms. The summed E-state index contributed by atoms with van der Waals surface area (Å²) in [5, 5.41) is 2.90. The zero-order valence-corrected chi connectivity index (χ0v) is 19.0. The number of halogens is 1. The molecule has 2 heterocycles. The molecule has 0 fully saturated rings. The zero-order chi connectivity index (χ0) is 24.2. The molecular weight excluding hydrogens is 462 g/mol. The van der Waals surface area contributed by atoms with E-state index in [1.165, 1.54) is 24.3 Å². The van der Waals surface area contributed by atoms with Crippen molar-refractivity contribution in [3.8, 4) is 5.75 Å². The summed E-state index contributed by atoms with van der Waals surface area (Å²) in [6.07, 6.45) is -0.805. The lowest BCUT2D eigenvalue weighted by Crippen LogP contribution is -2.30. The number of esters is 1. The van der Waals surface area contributed by atoms with E-state index in [2.05, 4.69) is 10.3 Å². The minimum absolute atomic E-state index is 0.160. The van der Waals surface area contributed by atoms with Crippen LogP contribution in [0.4, 0.5) is 5.69 Å². The molecule has 9 nitrogen and oxygen atoms in total. The van der Waals surface area contributed by atoms with Crippen LogP contribution in [0.1, 0.15) is 28.7 Å². The number of aryl methyl sites for hydroxylation is 1. The fraction of sp³-hybridized carbons (Fsp3) is 0.167. The number of nitrogens with one attached hydrogen (secondary N) is 1. The van der Waals surface area contributed by atoms with Gasteiger partial charge < -0.3 is 19.3 Å². The van der Waals surface area contributed by atoms with Gasteiger partial charge in [-0.05, 0) is 44.2 Å². The highest BCUT2D eigenvalue weighted by atomic mass is 35.5. The van der Waals surface area contributed by atoms with Gasteiger partial charge in [0.15, 0.2) is 11.8 Å². The maximum absolute atomic E-state index is 12.6. The van der Waals surface area contributed by atoms with Gasteiger partial charge in [-0.2, -0.15) is 0 Å². The van der Waals surface area contributed by atoms with Crippen molar-refractivity contribution in [2.45, 2.75) is 26.6 Å². The van der Waals surface area contributed by atoms with E-state index in [1.54, 1.807) is 44.2 Å². The topological polar surface area (TPSA) is 112 Å². The molecule has 1 unspecified atom stereocenters. The molecule has 0 saturated heterocycles. The highest BCUT2D eigenvalue weighted by molar-refractivity contribution is 6.33. The molecule has 4 rings (SSSR count). The van der Waals surface area contributed by atoms with Gasteiger partial charge in [-0.3, -0.25) is 9.59 Å². The van der Waals surface area contributed by atoms with Crippen LogP contribution in [0.25, 0.3) is 5.65 Å². The van der Waals surface area contributed by atoms with E-state index in [1.807, 2.05) is 6.07 Å². The summed E-state index contributed by atoms with van der Waals surface area (Å²) in [4.78, 5) is 41.5. The van der Waals surface area contributed by atoms with Crippen molar-refractivity contribution in [1.29, 1.82) is 0 Å². The summed E-state index contributed by atoms with van der Waals surface area (Å²) in [6.45, 7) is 3.07. The molecule has 174 valence electrons. The van der Waals surface area contributed by atoms with Gasteiger partial charge in [0.05, 0.1) is 22.0 Å². The molecule has 1 N–H and O–H groups in total. The van der Waals surface area contributed by atoms with Crippen LogP contribution in [0.3, 0.4) is 0 Å². The SMILES string of the molecule is Cc1cc2nc(COC(=O)c3ccc(Cl)c(NC(=O)C(C)Oc4ccccc4)c3)cc(=O)n2o1. The molecule has 4 aromatic rings. The number of nitrogens with zero attached hydrogens (tertiary/aromatic N) is 2. The summed E-state index contributed by atoms with van der Waals surface area (Å²) < 4.78 is 17.2. The largest absolute Gasteiger partial charge is 0.481 e. The number of rotatable bonds is 7. The first-order chi connectivity index (χ1) is 16.3. The first-order valence-electron chi connectivity index (χ1n) is 10.3. The number of amides is 1. The Labute approximate surface area is 198 Å². The molecule has 0 aliphatic carbocycles. The number of hydrogen-bond donors (Lipinski definition) is 1. The Morgan fingerprint density at radius 1 is 1.15 bits per heavy atom. The molecule has 2 aromatic carbocycles. The quantitative estimate of drug-likeness (QED) is 0.397. The van der Waals surface area contributed by atoms with Crippen LogP contribution in [-0.2, 0) is 16.1 Å². The number of fused-ring (bicyclic) bond motifs is 1. The van der Waals surface area contributed by atoms with Crippen LogP contribution in [0.5, 0.6) is 5.75 Å². The Morgan fingerprint density at radius 3 is 2.68 bits per heavy atom. The lowest BCUT2D eigenvalue weighted by atomic mass is 10.2. The summed E-state index contributed by atoms with van der Waals surface area (Å²) in [5.74, 6) is -0.0423. The molecule has 0 aliphatic rings. The van der Waals surface area contributed by atoms with Crippen LogP contribution < -0.4 is 15.6 Å². The Hall–Kier alpha value is -4.11. The van der Waals surface area contributed by atoms with Crippen LogP contribution in [0, 0.1) is 6.92 Å². The van der Waals surface area contributed by atoms with Crippen molar-refractivity contribution in [3.05, 3.63) is 93.1 Å². The molecule has 2 aromatic heterocycles. The lowest BCUT2D eigenvalue weighted by molar-refractivity contribution is -0.122. The number of anilines is 1. The summed E-state index contributed by atoms with van der Waals surface area (Å²) >= 11 is 6.19. The maximum atomic E-state index is 12.6. The Morgan fingerprint density at radius 2 is 1.91 bits per heavy atom. The molecule has 0 radical (unpaired) electrons. The summed E-state index contributed by atoms with van der Waals surface area (Å²) in [7, 11) is 0. The number of para-hydroxylation sites is 1. The van der Waals surface area contributed by atoms with Crippen LogP contribution in [0.2, 0.25) is 5.02 Å². The first kappa shape index (κ1) is 23.1. The third kappa shape index (κ3) is 5.26. The predicted molar refractivity (Wildman–Crippen MR) is 124 cm³/mol. The third-order valence-corrected chi connectivity index (χ3v) is 5.09. The van der Waals surface area contributed by atoms with Crippen molar-refractivity contribution < 1.29 is 23.6 Å². The van der Waals surface area contributed by atoms with Crippen molar-refractivity contribution in [2.24, 2.45) is 0 Å². The van der Waals surface area contributed by atoms with E-state index in [0.717, 1.165) is 4.57 Å². The van der Waals surface area contributed by atoms with Gasteiger partial charge in [0, 0.05) is 12.1 Å². The van der Waals surface area contributed by atoms with Gasteiger partial charge in [-0.25, -0.2) is 9.78 Å². The van der Waals surface area contributed by atoms with E-state index in [4.69, 9.17) is 25.6 Å². The van der Waals surface area contributed by atoms with Gasteiger partial charge in [0.2, 0.25) is 0 Å². The normalized spacial score (nSPS) is 11.7. The lowest BCUT2D eigenvalue weighted by Gasteiger charge is -2.15. The number of carbonyl (C=O) groups excluding carboxylic acids is 2. The third-order valence-electron chi connectivity index (χ3n) is 4.76. The molecule has 1 atom stereocenters. The highest BCUT2D eigenvalue weighted by Crippen LogP contribution is 2.24. The maximum Gasteiger partial charge on any atom is 0.338 e. The second-order valence-electron chi connectivity index (χ2n) is 7.42. The number of hydrogen-bond acceptors (Lipinski definition) is 7. The Balaban J connectivity index is 1.42. The first-order valence-corrected chi connectivity index (χ1v) is 10.7. The second-order valence-corrected chi connectivity index (χ2v) is 7.82. The number of ether oxygens (including phenoxy) is 2. The Kier molecular flexibility index (Phi) is 6.65. The van der Waals surface area contributed by atoms with Gasteiger partial charge >= 0.3 is 5.97 Å². The van der Waals surface area contributed by atoms with E-state index < -0.39 is 23.5 Å². The minimum Gasteiger partial charge on any atom is -0.481 e. The van der Waals surface area contributed by atoms with Crippen LogP contribution in [0.15, 0.2) is 70.0 Å². The van der Waals surface area contributed by atoms with Crippen LogP contribution >= 0.6 is 11.6 Å². The summed E-state index contributed by atoms with van der Waals surface area (Å²) in [6, 6.07) is 16.1. The van der Waals surface area contributed by atoms with E-state index >= 15 is 0 Å². The summed E-state index contributed by atoms with van der Waals surface area (Å²) in [5.41, 5.74) is 0.560. The van der Waals surface area contributed by atoms with E-state index in [9.17, 15) is 14.4 Å². The van der Waals surface area contributed by atoms with Crippen molar-refractivity contribution in [3.63, 3.8) is 0 Å². The average Bonchev–Trinajstić information content (AvgIpc) is 3.20. The zero-order valence-electron chi connectivity index (χ0n) is 18.3. The monoisotopic (exact) mass is 481 g/mol. The fourth-order valence-electron chi connectivity index (χ4n) is 3.11. The molecule has 0 bridgehead atoms. The van der Waals surface area contributed by atoms with Gasteiger partial charge in [0.1, 0.15) is 18.1 Å². The highest BCUT2D eigenvalue weighted by Gasteiger charge is 2.18. The van der Waals surface area contributed by atoms with Crippen molar-refractivity contribution in [1.82, 2.24) is 9.56 Å². The van der Waals surface area contributed by atoms with E-state index in [-0.39, 0.29) is 28.6 Å². The standard InChI is InChI=1S/C24H20ClN3O6/c1-14-10-21-26-17(12-22(29)28(21)34-14)13-32-24(31)16-8-9-19(25)20(11-16)27-23(30)15(2)33-18-6-4-3-5-7-18/h3-12,15H,13H2,1-2H3,(H,27,30). The van der Waals surface area contributed by atoms with Gasteiger partial charge in [-0.15, -0.1) is 4.57 Å². The predicted octanol–water partition coefficient (Wildman–Crippen LogP) is 4.01.